The largest absolute Gasteiger partial charge is 0.333 e. The van der Waals surface area contributed by atoms with Crippen molar-refractivity contribution in [2.75, 3.05) is 14.2 Å². The van der Waals surface area contributed by atoms with Gasteiger partial charge in [0.05, 0.1) is 33.9 Å². The van der Waals surface area contributed by atoms with Crippen LogP contribution in [0.2, 0.25) is 0 Å². The third kappa shape index (κ3) is 5.22. The summed E-state index contributed by atoms with van der Waals surface area (Å²) >= 11 is 0. The minimum Gasteiger partial charge on any atom is -0.265 e. The van der Waals surface area contributed by atoms with E-state index in [1.165, 1.54) is 0 Å². The molecule has 0 N–H and O–H groups in total. The summed E-state index contributed by atoms with van der Waals surface area (Å²) in [4.78, 5) is 0. The van der Waals surface area contributed by atoms with Crippen molar-refractivity contribution < 1.29 is 25.2 Å². The van der Waals surface area contributed by atoms with Gasteiger partial charge < -0.3 is 0 Å². The molecule has 0 spiro atoms. The molecule has 0 bridgehead atoms. The topological polar surface area (TPSA) is 86.7 Å². The van der Waals surface area contributed by atoms with Gasteiger partial charge in [-0.3, -0.25) is 8.37 Å². The second-order valence-electron chi connectivity index (χ2n) is 1.29. The fraction of sp³-hybridized carbons (Fsp3) is 1.00. The van der Waals surface area contributed by atoms with E-state index in [-0.39, 0.29) is 19.7 Å². The first-order chi connectivity index (χ1) is 5.33. The zero-order valence-corrected chi connectivity index (χ0v) is 9.35. The standard InChI is InChI=1S/C2H6O6S4/c1-7-11(3,4)9-10-12(5,6)8-2/h1-2H3. The van der Waals surface area contributed by atoms with Gasteiger partial charge >= 0.3 is 18.3 Å². The van der Waals surface area contributed by atoms with Crippen molar-refractivity contribution >= 4 is 38.0 Å². The number of hydrogen-bond acceptors (Lipinski definition) is 8. The average molecular weight is 254 g/mol. The molecular formula is C2H6O6S4. The minimum absolute atomic E-state index is 0.0639. The normalized spacial score (nSPS) is 13.2. The van der Waals surface area contributed by atoms with E-state index < -0.39 is 18.3 Å². The molecule has 12 heavy (non-hydrogen) atoms. The molecule has 0 atom stereocenters. The zero-order chi connectivity index (χ0) is 9.83. The van der Waals surface area contributed by atoms with Crippen LogP contribution in [0.5, 0.6) is 0 Å². The van der Waals surface area contributed by atoms with E-state index in [0.717, 1.165) is 14.2 Å². The molecule has 0 aliphatic carbocycles. The summed E-state index contributed by atoms with van der Waals surface area (Å²) in [6, 6.07) is 0. The van der Waals surface area contributed by atoms with Crippen LogP contribution >= 0.6 is 19.7 Å². The third-order valence-electron chi connectivity index (χ3n) is 0.603. The lowest BCUT2D eigenvalue weighted by atomic mass is 11.8. The highest BCUT2D eigenvalue weighted by Gasteiger charge is 2.18. The lowest BCUT2D eigenvalue weighted by Gasteiger charge is -1.98. The van der Waals surface area contributed by atoms with Crippen LogP contribution in [0, 0.1) is 0 Å². The molecule has 0 aromatic heterocycles. The van der Waals surface area contributed by atoms with Crippen LogP contribution in [-0.4, -0.2) is 31.1 Å². The van der Waals surface area contributed by atoms with E-state index in [9.17, 15) is 16.8 Å². The molecule has 0 aromatic rings. The van der Waals surface area contributed by atoms with Gasteiger partial charge in [0.2, 0.25) is 0 Å². The van der Waals surface area contributed by atoms with Gasteiger partial charge in [0, 0.05) is 0 Å². The highest BCUT2D eigenvalue weighted by atomic mass is 33.7. The van der Waals surface area contributed by atoms with Crippen molar-refractivity contribution in [2.45, 2.75) is 0 Å². The van der Waals surface area contributed by atoms with Crippen LogP contribution in [-0.2, 0) is 26.7 Å². The van der Waals surface area contributed by atoms with E-state index in [2.05, 4.69) is 8.37 Å². The lowest BCUT2D eigenvalue weighted by molar-refractivity contribution is 0.412. The quantitative estimate of drug-likeness (QED) is 0.641. The predicted octanol–water partition coefficient (Wildman–Crippen LogP) is 0.150. The highest BCUT2D eigenvalue weighted by molar-refractivity contribution is 9.22. The number of hydrogen-bond donors (Lipinski definition) is 0. The highest BCUT2D eigenvalue weighted by Crippen LogP contribution is 2.34. The van der Waals surface area contributed by atoms with Gasteiger partial charge in [0.15, 0.2) is 0 Å². The average Bonchev–Trinajstić information content (AvgIpc) is 2.02. The van der Waals surface area contributed by atoms with Gasteiger partial charge in [-0.05, 0) is 0 Å². The number of rotatable bonds is 5. The molecule has 0 rings (SSSR count). The second kappa shape index (κ2) is 4.67. The van der Waals surface area contributed by atoms with Crippen LogP contribution in [0.4, 0.5) is 0 Å². The molecule has 6 nitrogen and oxygen atoms in total. The summed E-state index contributed by atoms with van der Waals surface area (Å²) < 4.78 is 50.2. The molecule has 10 heteroatoms. The van der Waals surface area contributed by atoms with Crippen molar-refractivity contribution in [3.8, 4) is 0 Å². The van der Waals surface area contributed by atoms with E-state index in [1.807, 2.05) is 0 Å². The summed E-state index contributed by atoms with van der Waals surface area (Å²) in [5, 5.41) is 0. The van der Waals surface area contributed by atoms with Gasteiger partial charge in [-0.15, -0.1) is 0 Å². The van der Waals surface area contributed by atoms with E-state index in [4.69, 9.17) is 0 Å². The monoisotopic (exact) mass is 254 g/mol. The van der Waals surface area contributed by atoms with Crippen LogP contribution in [0.1, 0.15) is 0 Å². The molecule has 0 heterocycles. The van der Waals surface area contributed by atoms with Gasteiger partial charge in [0.25, 0.3) is 0 Å². The van der Waals surface area contributed by atoms with Crippen molar-refractivity contribution in [1.82, 2.24) is 0 Å². The Morgan fingerprint density at radius 1 is 0.833 bits per heavy atom. The van der Waals surface area contributed by atoms with Crippen LogP contribution in [0.3, 0.4) is 0 Å². The first-order valence-corrected chi connectivity index (χ1v) is 8.32. The molecule has 0 fully saturated rings. The minimum atomic E-state index is -3.84. The molecule has 0 aromatic carbocycles. The molecule has 0 amide bonds. The zero-order valence-electron chi connectivity index (χ0n) is 6.08. The SMILES string of the molecule is COS(=O)(=O)SSS(=O)(=O)OC. The summed E-state index contributed by atoms with van der Waals surface area (Å²) in [6.45, 7) is 0. The summed E-state index contributed by atoms with van der Waals surface area (Å²) in [7, 11) is -5.69. The van der Waals surface area contributed by atoms with Crippen molar-refractivity contribution in [1.29, 1.82) is 0 Å². The molecule has 0 radical (unpaired) electrons. The van der Waals surface area contributed by atoms with Crippen LogP contribution < -0.4 is 0 Å². The van der Waals surface area contributed by atoms with E-state index in [1.54, 1.807) is 0 Å². The molecule has 0 unspecified atom stereocenters. The maximum Gasteiger partial charge on any atom is 0.333 e. The molecular weight excluding hydrogens is 248 g/mol. The fourth-order valence-corrected chi connectivity index (χ4v) is 7.01. The van der Waals surface area contributed by atoms with Crippen molar-refractivity contribution in [3.05, 3.63) is 0 Å². The van der Waals surface area contributed by atoms with Crippen LogP contribution in [0.15, 0.2) is 0 Å². The second-order valence-corrected chi connectivity index (χ2v) is 9.57. The van der Waals surface area contributed by atoms with Crippen molar-refractivity contribution in [2.24, 2.45) is 0 Å². The van der Waals surface area contributed by atoms with Gasteiger partial charge in [-0.2, -0.15) is 16.8 Å². The smallest absolute Gasteiger partial charge is 0.265 e. The Morgan fingerprint density at radius 3 is 1.25 bits per heavy atom. The maximum atomic E-state index is 10.6. The fourth-order valence-electron chi connectivity index (χ4n) is 0.124. The molecule has 0 aliphatic heterocycles. The molecule has 0 saturated carbocycles. The van der Waals surface area contributed by atoms with Crippen LogP contribution in [0.25, 0.3) is 0 Å². The Hall–Kier alpha value is 0.520. The summed E-state index contributed by atoms with van der Waals surface area (Å²) in [6.07, 6.45) is 0. The first kappa shape index (κ1) is 12.5. The Morgan fingerprint density at radius 2 is 1.08 bits per heavy atom. The Kier molecular flexibility index (Phi) is 4.87. The molecule has 0 aliphatic rings. The Labute approximate surface area is 77.4 Å². The third-order valence-corrected chi connectivity index (χ3v) is 8.79. The first-order valence-electron chi connectivity index (χ1n) is 2.32. The van der Waals surface area contributed by atoms with Gasteiger partial charge in [-0.1, -0.05) is 0 Å². The maximum absolute atomic E-state index is 10.6. The lowest BCUT2D eigenvalue weighted by Crippen LogP contribution is -1.97. The molecule has 0 saturated heterocycles. The van der Waals surface area contributed by atoms with Gasteiger partial charge in [-0.25, -0.2) is 0 Å². The van der Waals surface area contributed by atoms with Gasteiger partial charge in [0.1, 0.15) is 0 Å². The Bertz CT molecular complexity index is 277. The summed E-state index contributed by atoms with van der Waals surface area (Å²) in [5.41, 5.74) is 0. The van der Waals surface area contributed by atoms with Crippen molar-refractivity contribution in [3.63, 3.8) is 0 Å². The van der Waals surface area contributed by atoms with E-state index >= 15 is 0 Å². The van der Waals surface area contributed by atoms with E-state index in [0.29, 0.717) is 0 Å². The Balaban J connectivity index is 4.20. The molecule has 74 valence electrons. The summed E-state index contributed by atoms with van der Waals surface area (Å²) in [5.74, 6) is 0. The predicted molar refractivity (Wildman–Crippen MR) is 47.0 cm³/mol.